The molecule has 0 aromatic carbocycles. The molecular formula is C18H34O4. The van der Waals surface area contributed by atoms with Crippen molar-refractivity contribution in [2.24, 2.45) is 0 Å². The summed E-state index contributed by atoms with van der Waals surface area (Å²) in [6, 6.07) is 0. The molecule has 0 amide bonds. The van der Waals surface area contributed by atoms with E-state index in [9.17, 15) is 9.90 Å². The van der Waals surface area contributed by atoms with Gasteiger partial charge in [0.2, 0.25) is 0 Å². The first-order valence-corrected chi connectivity index (χ1v) is 9.18. The molecule has 0 unspecified atom stereocenters. The lowest BCUT2D eigenvalue weighted by atomic mass is 10.0. The number of epoxide rings is 1. The van der Waals surface area contributed by atoms with Crippen molar-refractivity contribution in [3.8, 4) is 0 Å². The first kappa shape index (κ1) is 19.4. The van der Waals surface area contributed by atoms with E-state index in [1.165, 1.54) is 19.3 Å². The predicted molar refractivity (Wildman–Crippen MR) is 88.0 cm³/mol. The molecule has 0 spiro atoms. The smallest absolute Gasteiger partial charge is 0.303 e. The van der Waals surface area contributed by atoms with E-state index in [4.69, 9.17) is 9.84 Å². The fourth-order valence-corrected chi connectivity index (χ4v) is 2.99. The van der Waals surface area contributed by atoms with Crippen LogP contribution < -0.4 is 0 Å². The van der Waals surface area contributed by atoms with Crippen LogP contribution >= 0.6 is 0 Å². The van der Waals surface area contributed by atoms with Crippen molar-refractivity contribution in [2.45, 2.75) is 109 Å². The summed E-state index contributed by atoms with van der Waals surface area (Å²) >= 11 is 0. The van der Waals surface area contributed by atoms with Gasteiger partial charge in [-0.05, 0) is 19.3 Å². The van der Waals surface area contributed by atoms with Crippen LogP contribution in [0.25, 0.3) is 0 Å². The molecule has 0 aromatic heterocycles. The van der Waals surface area contributed by atoms with Gasteiger partial charge in [0.1, 0.15) is 0 Å². The van der Waals surface area contributed by atoms with Gasteiger partial charge < -0.3 is 14.9 Å². The number of carbonyl (C=O) groups is 1. The van der Waals surface area contributed by atoms with Gasteiger partial charge in [-0.25, -0.2) is 0 Å². The molecule has 2 N–H and O–H groups in total. The average Bonchev–Trinajstić information content (AvgIpc) is 3.20. The fraction of sp³-hybridized carbons (Fsp3) is 0.944. The van der Waals surface area contributed by atoms with Crippen LogP contribution in [0.2, 0.25) is 0 Å². The molecule has 3 atom stereocenters. The van der Waals surface area contributed by atoms with Crippen LogP contribution in [0.3, 0.4) is 0 Å². The Morgan fingerprint density at radius 2 is 1.68 bits per heavy atom. The molecule has 4 heteroatoms. The highest BCUT2D eigenvalue weighted by atomic mass is 16.6. The molecule has 130 valence electrons. The Morgan fingerprint density at radius 1 is 1.00 bits per heavy atom. The third kappa shape index (κ3) is 10.2. The Morgan fingerprint density at radius 3 is 2.41 bits per heavy atom. The van der Waals surface area contributed by atoms with Crippen molar-refractivity contribution in [2.75, 3.05) is 0 Å². The number of aliphatic hydroxyl groups is 1. The van der Waals surface area contributed by atoms with Gasteiger partial charge >= 0.3 is 5.97 Å². The highest BCUT2D eigenvalue weighted by Crippen LogP contribution is 2.32. The van der Waals surface area contributed by atoms with Gasteiger partial charge in [0.05, 0.1) is 18.3 Å². The van der Waals surface area contributed by atoms with Gasteiger partial charge in [-0.2, -0.15) is 0 Å². The predicted octanol–water partition coefficient (Wildman–Crippen LogP) is 4.29. The van der Waals surface area contributed by atoms with Gasteiger partial charge in [-0.1, -0.05) is 58.3 Å². The second-order valence-electron chi connectivity index (χ2n) is 6.65. The summed E-state index contributed by atoms with van der Waals surface area (Å²) in [5.41, 5.74) is 0. The summed E-state index contributed by atoms with van der Waals surface area (Å²) < 4.78 is 5.64. The molecule has 1 rings (SSSR count). The largest absolute Gasteiger partial charge is 0.481 e. The van der Waals surface area contributed by atoms with E-state index in [2.05, 4.69) is 6.92 Å². The van der Waals surface area contributed by atoms with E-state index in [0.717, 1.165) is 57.8 Å². The molecule has 0 aliphatic carbocycles. The lowest BCUT2D eigenvalue weighted by molar-refractivity contribution is -0.137. The van der Waals surface area contributed by atoms with Crippen LogP contribution in [0.4, 0.5) is 0 Å². The SMILES string of the molecule is CCCCCC[C@@H](O)C[C@@H]1O[C@@H]1CCCCCCCC(=O)O. The number of rotatable bonds is 15. The number of carboxylic acid groups (broad SMARTS) is 1. The maximum atomic E-state index is 10.4. The molecule has 0 bridgehead atoms. The molecule has 1 aliphatic heterocycles. The lowest BCUT2D eigenvalue weighted by Crippen LogP contribution is -2.11. The zero-order valence-corrected chi connectivity index (χ0v) is 14.1. The number of hydrogen-bond acceptors (Lipinski definition) is 3. The Balaban J connectivity index is 1.86. The van der Waals surface area contributed by atoms with Gasteiger partial charge in [0.25, 0.3) is 0 Å². The molecule has 1 heterocycles. The van der Waals surface area contributed by atoms with Crippen molar-refractivity contribution in [3.63, 3.8) is 0 Å². The van der Waals surface area contributed by atoms with E-state index in [-0.39, 0.29) is 12.2 Å². The van der Waals surface area contributed by atoms with E-state index < -0.39 is 5.97 Å². The minimum Gasteiger partial charge on any atom is -0.481 e. The van der Waals surface area contributed by atoms with Crippen molar-refractivity contribution < 1.29 is 19.7 Å². The first-order chi connectivity index (χ1) is 10.6. The number of ether oxygens (including phenoxy) is 1. The minimum absolute atomic E-state index is 0.192. The normalized spacial score (nSPS) is 21.7. The summed E-state index contributed by atoms with van der Waals surface area (Å²) in [7, 11) is 0. The average molecular weight is 314 g/mol. The first-order valence-electron chi connectivity index (χ1n) is 9.18. The lowest BCUT2D eigenvalue weighted by Gasteiger charge is -2.08. The highest BCUT2D eigenvalue weighted by Gasteiger charge is 2.38. The van der Waals surface area contributed by atoms with E-state index in [1.807, 2.05) is 0 Å². The van der Waals surface area contributed by atoms with Crippen molar-refractivity contribution in [1.82, 2.24) is 0 Å². The Labute approximate surface area is 135 Å². The number of aliphatic hydroxyl groups excluding tert-OH is 1. The summed E-state index contributed by atoms with van der Waals surface area (Å²) in [6.07, 6.45) is 13.6. The molecule has 1 aliphatic rings. The van der Waals surface area contributed by atoms with Crippen LogP contribution in [0, 0.1) is 0 Å². The van der Waals surface area contributed by atoms with Crippen LogP contribution in [-0.4, -0.2) is 34.5 Å². The summed E-state index contributed by atoms with van der Waals surface area (Å²) in [5.74, 6) is -0.692. The third-order valence-corrected chi connectivity index (χ3v) is 4.46. The van der Waals surface area contributed by atoms with Crippen LogP contribution in [0.5, 0.6) is 0 Å². The Kier molecular flexibility index (Phi) is 10.5. The summed E-state index contributed by atoms with van der Waals surface area (Å²) in [4.78, 5) is 10.4. The standard InChI is InChI=1S/C18H34O4/c1-2-3-4-8-11-15(19)14-17-16(22-17)12-9-6-5-7-10-13-18(20)21/h15-17,19H,2-14H2,1H3,(H,20,21)/t15-,16-,17+/m1/s1. The zero-order chi connectivity index (χ0) is 16.2. The minimum atomic E-state index is -0.692. The molecule has 22 heavy (non-hydrogen) atoms. The molecule has 0 radical (unpaired) electrons. The van der Waals surface area contributed by atoms with Gasteiger partial charge in [-0.15, -0.1) is 0 Å². The number of hydrogen-bond donors (Lipinski definition) is 2. The molecule has 1 saturated heterocycles. The second-order valence-corrected chi connectivity index (χ2v) is 6.65. The Hall–Kier alpha value is -0.610. The summed E-state index contributed by atoms with van der Waals surface area (Å²) in [6.45, 7) is 2.20. The van der Waals surface area contributed by atoms with E-state index in [1.54, 1.807) is 0 Å². The van der Waals surface area contributed by atoms with Crippen LogP contribution in [-0.2, 0) is 9.53 Å². The molecule has 1 fully saturated rings. The molecule has 4 nitrogen and oxygen atoms in total. The Bertz CT molecular complexity index is 293. The molecular weight excluding hydrogens is 280 g/mol. The van der Waals surface area contributed by atoms with E-state index in [0.29, 0.717) is 12.5 Å². The maximum Gasteiger partial charge on any atom is 0.303 e. The summed E-state index contributed by atoms with van der Waals surface area (Å²) in [5, 5.41) is 18.5. The zero-order valence-electron chi connectivity index (χ0n) is 14.1. The third-order valence-electron chi connectivity index (χ3n) is 4.46. The second kappa shape index (κ2) is 11.9. The number of carboxylic acids is 1. The monoisotopic (exact) mass is 314 g/mol. The molecule has 0 aromatic rings. The van der Waals surface area contributed by atoms with Crippen LogP contribution in [0.1, 0.15) is 90.4 Å². The number of unbranched alkanes of at least 4 members (excludes halogenated alkanes) is 7. The quantitative estimate of drug-likeness (QED) is 0.349. The topological polar surface area (TPSA) is 70.1 Å². The van der Waals surface area contributed by atoms with E-state index >= 15 is 0 Å². The van der Waals surface area contributed by atoms with Crippen LogP contribution in [0.15, 0.2) is 0 Å². The highest BCUT2D eigenvalue weighted by molar-refractivity contribution is 5.66. The van der Waals surface area contributed by atoms with Gasteiger partial charge in [0.15, 0.2) is 0 Å². The van der Waals surface area contributed by atoms with Gasteiger partial charge in [0, 0.05) is 12.8 Å². The fourth-order valence-electron chi connectivity index (χ4n) is 2.99. The van der Waals surface area contributed by atoms with Gasteiger partial charge in [-0.3, -0.25) is 4.79 Å². The molecule has 0 saturated carbocycles. The maximum absolute atomic E-state index is 10.4. The number of aliphatic carboxylic acids is 1. The van der Waals surface area contributed by atoms with Crippen molar-refractivity contribution >= 4 is 5.97 Å². The van der Waals surface area contributed by atoms with Crippen molar-refractivity contribution in [3.05, 3.63) is 0 Å². The van der Waals surface area contributed by atoms with Crippen molar-refractivity contribution in [1.29, 1.82) is 0 Å².